The number of hydrogen-bond donors (Lipinski definition) is 1. The first-order valence-electron chi connectivity index (χ1n) is 5.81. The molecule has 0 radical (unpaired) electrons. The molecule has 1 atom stereocenters. The van der Waals surface area contributed by atoms with Crippen molar-refractivity contribution in [3.8, 4) is 0 Å². The second-order valence-electron chi connectivity index (χ2n) is 3.66. The summed E-state index contributed by atoms with van der Waals surface area (Å²) >= 11 is 6.76. The Morgan fingerprint density at radius 2 is 2.22 bits per heavy atom. The molecule has 1 rings (SSSR count). The van der Waals surface area contributed by atoms with Crippen molar-refractivity contribution < 1.29 is 9.53 Å². The molecule has 1 unspecified atom stereocenters. The van der Waals surface area contributed by atoms with E-state index >= 15 is 0 Å². The average molecular weight is 380 g/mol. The van der Waals surface area contributed by atoms with Gasteiger partial charge in [-0.25, -0.2) is 4.79 Å². The van der Waals surface area contributed by atoms with Crippen LogP contribution in [-0.2, 0) is 9.53 Å². The van der Waals surface area contributed by atoms with Gasteiger partial charge in [0.05, 0.1) is 12.3 Å². The highest BCUT2D eigenvalue weighted by Crippen LogP contribution is 2.25. The Morgan fingerprint density at radius 1 is 1.50 bits per heavy atom. The van der Waals surface area contributed by atoms with Gasteiger partial charge in [-0.2, -0.15) is 0 Å². The molecule has 0 aliphatic heterocycles. The standard InChI is InChI=1S/C12H16Br2N2O2/c1-3-5-15-11(12(17)18-4-2)10-9(14)6-8(13)7-16-10/h6-7,11,15H,3-5H2,1-2H3. The first-order valence-corrected chi connectivity index (χ1v) is 7.39. The molecule has 0 bridgehead atoms. The molecule has 4 nitrogen and oxygen atoms in total. The molecule has 0 saturated carbocycles. The van der Waals surface area contributed by atoms with E-state index in [2.05, 4.69) is 42.2 Å². The van der Waals surface area contributed by atoms with Crippen molar-refractivity contribution in [2.24, 2.45) is 0 Å². The molecule has 0 spiro atoms. The number of nitrogens with zero attached hydrogens (tertiary/aromatic N) is 1. The van der Waals surface area contributed by atoms with Crippen LogP contribution in [0.1, 0.15) is 32.0 Å². The third-order valence-corrected chi connectivity index (χ3v) is 3.30. The number of aromatic nitrogens is 1. The van der Waals surface area contributed by atoms with E-state index in [9.17, 15) is 4.79 Å². The zero-order valence-electron chi connectivity index (χ0n) is 10.4. The average Bonchev–Trinajstić information content (AvgIpc) is 2.32. The molecule has 0 aliphatic carbocycles. The molecule has 1 aromatic heterocycles. The van der Waals surface area contributed by atoms with E-state index in [1.165, 1.54) is 0 Å². The third kappa shape index (κ3) is 4.33. The van der Waals surface area contributed by atoms with Crippen molar-refractivity contribution in [3.63, 3.8) is 0 Å². The van der Waals surface area contributed by atoms with Gasteiger partial charge in [0.15, 0.2) is 0 Å². The molecule has 6 heteroatoms. The van der Waals surface area contributed by atoms with Gasteiger partial charge in [-0.15, -0.1) is 0 Å². The summed E-state index contributed by atoms with van der Waals surface area (Å²) in [5.74, 6) is -0.304. The number of esters is 1. The largest absolute Gasteiger partial charge is 0.465 e. The smallest absolute Gasteiger partial charge is 0.329 e. The molecule has 18 heavy (non-hydrogen) atoms. The van der Waals surface area contributed by atoms with Gasteiger partial charge in [-0.3, -0.25) is 10.3 Å². The minimum Gasteiger partial charge on any atom is -0.465 e. The van der Waals surface area contributed by atoms with Crippen molar-refractivity contribution in [2.45, 2.75) is 26.3 Å². The molecule has 1 heterocycles. The van der Waals surface area contributed by atoms with Crippen LogP contribution in [0.4, 0.5) is 0 Å². The summed E-state index contributed by atoms with van der Waals surface area (Å²) in [6.45, 7) is 4.92. The molecule has 0 saturated heterocycles. The zero-order chi connectivity index (χ0) is 13.5. The number of nitrogens with one attached hydrogen (secondary N) is 1. The van der Waals surface area contributed by atoms with Gasteiger partial charge in [-0.05, 0) is 57.8 Å². The fraction of sp³-hybridized carbons (Fsp3) is 0.500. The Balaban J connectivity index is 2.97. The van der Waals surface area contributed by atoms with Gasteiger partial charge in [0.2, 0.25) is 0 Å². The molecule has 0 fully saturated rings. The lowest BCUT2D eigenvalue weighted by molar-refractivity contribution is -0.146. The van der Waals surface area contributed by atoms with Crippen molar-refractivity contribution >= 4 is 37.8 Å². The van der Waals surface area contributed by atoms with Gasteiger partial charge in [-0.1, -0.05) is 6.92 Å². The maximum absolute atomic E-state index is 11.9. The first kappa shape index (κ1) is 15.6. The lowest BCUT2D eigenvalue weighted by atomic mass is 10.2. The maximum Gasteiger partial charge on any atom is 0.329 e. The maximum atomic E-state index is 11.9. The summed E-state index contributed by atoms with van der Waals surface area (Å²) in [4.78, 5) is 16.2. The minimum absolute atomic E-state index is 0.304. The van der Waals surface area contributed by atoms with Crippen molar-refractivity contribution in [1.29, 1.82) is 0 Å². The molecule has 1 N–H and O–H groups in total. The van der Waals surface area contributed by atoms with Crippen molar-refractivity contribution in [1.82, 2.24) is 10.3 Å². The highest BCUT2D eigenvalue weighted by molar-refractivity contribution is 9.11. The second kappa shape index (κ2) is 7.86. The summed E-state index contributed by atoms with van der Waals surface area (Å²) in [6.07, 6.45) is 2.60. The quantitative estimate of drug-likeness (QED) is 0.771. The molecule has 0 amide bonds. The Hall–Kier alpha value is -0.460. The lowest BCUT2D eigenvalue weighted by Crippen LogP contribution is -2.31. The fourth-order valence-corrected chi connectivity index (χ4v) is 2.66. The fourth-order valence-electron chi connectivity index (χ4n) is 1.44. The molecule has 0 aromatic carbocycles. The van der Waals surface area contributed by atoms with E-state index < -0.39 is 6.04 Å². The first-order chi connectivity index (χ1) is 8.60. The Morgan fingerprint density at radius 3 is 2.78 bits per heavy atom. The van der Waals surface area contributed by atoms with Crippen LogP contribution in [0.5, 0.6) is 0 Å². The number of halogens is 2. The molecule has 100 valence electrons. The molecular formula is C12H16Br2N2O2. The molecule has 0 aliphatic rings. The van der Waals surface area contributed by atoms with E-state index in [0.717, 1.165) is 21.9 Å². The predicted octanol–water partition coefficient (Wildman–Crippen LogP) is 3.21. The van der Waals surface area contributed by atoms with Crippen LogP contribution in [0.2, 0.25) is 0 Å². The monoisotopic (exact) mass is 378 g/mol. The number of hydrogen-bond acceptors (Lipinski definition) is 4. The molecule has 1 aromatic rings. The number of carbonyl (C=O) groups excluding carboxylic acids is 1. The van der Waals surface area contributed by atoms with E-state index in [1.54, 1.807) is 13.1 Å². The second-order valence-corrected chi connectivity index (χ2v) is 5.43. The van der Waals surface area contributed by atoms with E-state index in [1.807, 2.05) is 13.0 Å². The van der Waals surface area contributed by atoms with Gasteiger partial charge in [0, 0.05) is 15.1 Å². The molecular weight excluding hydrogens is 364 g/mol. The Labute approximate surface area is 124 Å². The van der Waals surface area contributed by atoms with Crippen LogP contribution in [-0.4, -0.2) is 24.1 Å². The van der Waals surface area contributed by atoms with E-state index in [-0.39, 0.29) is 5.97 Å². The number of ether oxygens (including phenoxy) is 1. The third-order valence-electron chi connectivity index (χ3n) is 2.23. The summed E-state index contributed by atoms with van der Waals surface area (Å²) in [6, 6.07) is 1.33. The van der Waals surface area contributed by atoms with E-state index in [4.69, 9.17) is 4.74 Å². The van der Waals surface area contributed by atoms with Crippen LogP contribution >= 0.6 is 31.9 Å². The number of pyridine rings is 1. The van der Waals surface area contributed by atoms with Crippen LogP contribution in [0.25, 0.3) is 0 Å². The summed E-state index contributed by atoms with van der Waals surface area (Å²) < 4.78 is 6.70. The lowest BCUT2D eigenvalue weighted by Gasteiger charge is -2.17. The van der Waals surface area contributed by atoms with Crippen LogP contribution in [0, 0.1) is 0 Å². The van der Waals surface area contributed by atoms with Crippen molar-refractivity contribution in [2.75, 3.05) is 13.2 Å². The van der Waals surface area contributed by atoms with Crippen LogP contribution in [0.3, 0.4) is 0 Å². The highest BCUT2D eigenvalue weighted by atomic mass is 79.9. The van der Waals surface area contributed by atoms with Crippen LogP contribution in [0.15, 0.2) is 21.2 Å². The van der Waals surface area contributed by atoms with Crippen LogP contribution < -0.4 is 5.32 Å². The predicted molar refractivity (Wildman–Crippen MR) is 77.3 cm³/mol. The number of carbonyl (C=O) groups is 1. The SMILES string of the molecule is CCCNC(C(=O)OCC)c1ncc(Br)cc1Br. The van der Waals surface area contributed by atoms with Gasteiger partial charge in [0.25, 0.3) is 0 Å². The summed E-state index contributed by atoms with van der Waals surface area (Å²) in [5, 5.41) is 3.15. The zero-order valence-corrected chi connectivity index (χ0v) is 13.5. The Bertz CT molecular complexity index is 413. The normalized spacial score (nSPS) is 12.2. The van der Waals surface area contributed by atoms with Gasteiger partial charge in [0.1, 0.15) is 6.04 Å². The summed E-state index contributed by atoms with van der Waals surface area (Å²) in [7, 11) is 0. The van der Waals surface area contributed by atoms with Gasteiger partial charge < -0.3 is 4.74 Å². The highest BCUT2D eigenvalue weighted by Gasteiger charge is 2.24. The van der Waals surface area contributed by atoms with E-state index in [0.29, 0.717) is 12.3 Å². The summed E-state index contributed by atoms with van der Waals surface area (Å²) in [5.41, 5.74) is 0.644. The van der Waals surface area contributed by atoms with Crippen molar-refractivity contribution in [3.05, 3.63) is 26.9 Å². The number of rotatable bonds is 6. The topological polar surface area (TPSA) is 51.2 Å². The Kier molecular flexibility index (Phi) is 6.81. The minimum atomic E-state index is -0.535. The van der Waals surface area contributed by atoms with Gasteiger partial charge >= 0.3 is 5.97 Å².